The van der Waals surface area contributed by atoms with Crippen LogP contribution in [0.2, 0.25) is 0 Å². The minimum absolute atomic E-state index is 0.0855. The smallest absolute Gasteiger partial charge is 0.284 e. The van der Waals surface area contributed by atoms with Crippen molar-refractivity contribution in [1.82, 2.24) is 0 Å². The van der Waals surface area contributed by atoms with E-state index in [0.29, 0.717) is 10.8 Å². The SMILES string of the molecule is COC(=N/C(=N\S(=O)(=O)c1ccc(C)cc1)c1ccccc1)SC. The Hall–Kier alpha value is -2.12. The third kappa shape index (κ3) is 4.69. The first-order chi connectivity index (χ1) is 11.5. The van der Waals surface area contributed by atoms with Crippen LogP contribution < -0.4 is 0 Å². The average Bonchev–Trinajstić information content (AvgIpc) is 2.59. The molecule has 0 fully saturated rings. The highest BCUT2D eigenvalue weighted by Gasteiger charge is 2.16. The van der Waals surface area contributed by atoms with E-state index >= 15 is 0 Å². The van der Waals surface area contributed by atoms with Crippen LogP contribution in [0.15, 0.2) is 68.9 Å². The normalized spacial score (nSPS) is 13.0. The molecule has 0 unspecified atom stereocenters. The molecule has 2 aromatic carbocycles. The van der Waals surface area contributed by atoms with Gasteiger partial charge in [0, 0.05) is 5.56 Å². The van der Waals surface area contributed by atoms with E-state index in [4.69, 9.17) is 4.74 Å². The zero-order valence-electron chi connectivity index (χ0n) is 13.6. The molecule has 126 valence electrons. The predicted molar refractivity (Wildman–Crippen MR) is 99.3 cm³/mol. The third-order valence-corrected chi connectivity index (χ3v) is 4.99. The summed E-state index contributed by atoms with van der Waals surface area (Å²) in [7, 11) is -2.39. The number of rotatable bonds is 3. The number of thioether (sulfide) groups is 1. The van der Waals surface area contributed by atoms with Crippen LogP contribution in [0.25, 0.3) is 0 Å². The quantitative estimate of drug-likeness (QED) is 0.619. The molecule has 5 nitrogen and oxygen atoms in total. The number of nitrogens with zero attached hydrogens (tertiary/aromatic N) is 2. The standard InChI is InChI=1S/C17H18N2O3S2/c1-13-9-11-15(12-10-13)24(20,21)19-16(18-17(22-2)23-3)14-7-5-4-6-8-14/h4-12H,1-3H3/b18-17?,19-16-. The molecule has 0 aliphatic carbocycles. The Balaban J connectivity index is 2.55. The molecule has 24 heavy (non-hydrogen) atoms. The molecular formula is C17H18N2O3S2. The van der Waals surface area contributed by atoms with Gasteiger partial charge in [0.05, 0.1) is 12.0 Å². The highest BCUT2D eigenvalue weighted by molar-refractivity contribution is 8.13. The van der Waals surface area contributed by atoms with Gasteiger partial charge < -0.3 is 4.74 Å². The second kappa shape index (κ2) is 8.12. The van der Waals surface area contributed by atoms with Crippen molar-refractivity contribution in [2.75, 3.05) is 13.4 Å². The molecule has 0 saturated heterocycles. The molecule has 0 aliphatic rings. The lowest BCUT2D eigenvalue weighted by molar-refractivity contribution is 0.417. The van der Waals surface area contributed by atoms with E-state index < -0.39 is 10.0 Å². The molecule has 0 amide bonds. The van der Waals surface area contributed by atoms with Crippen molar-refractivity contribution in [2.45, 2.75) is 11.8 Å². The van der Waals surface area contributed by atoms with Gasteiger partial charge in [0.15, 0.2) is 5.84 Å². The predicted octanol–water partition coefficient (Wildman–Crippen LogP) is 3.50. The maximum Gasteiger partial charge on any atom is 0.284 e. The first kappa shape index (κ1) is 18.2. The average molecular weight is 362 g/mol. The van der Waals surface area contributed by atoms with Crippen LogP contribution in [-0.2, 0) is 14.8 Å². The molecule has 0 aromatic heterocycles. The fourth-order valence-corrected chi connectivity index (χ4v) is 3.17. The summed E-state index contributed by atoms with van der Waals surface area (Å²) in [6, 6.07) is 15.5. The number of methoxy groups -OCH3 is 1. The van der Waals surface area contributed by atoms with Crippen LogP contribution in [0.1, 0.15) is 11.1 Å². The Morgan fingerprint density at radius 3 is 2.21 bits per heavy atom. The number of hydrogen-bond acceptors (Lipinski definition) is 4. The van der Waals surface area contributed by atoms with Gasteiger partial charge in [-0.3, -0.25) is 0 Å². The van der Waals surface area contributed by atoms with Crippen molar-refractivity contribution >= 4 is 32.9 Å². The summed E-state index contributed by atoms with van der Waals surface area (Å²) in [6.07, 6.45) is 1.79. The maximum absolute atomic E-state index is 12.6. The monoisotopic (exact) mass is 362 g/mol. The number of aliphatic imine (C=N–C) groups is 1. The fourth-order valence-electron chi connectivity index (χ4n) is 1.86. The summed E-state index contributed by atoms with van der Waals surface area (Å²) in [4.78, 5) is 4.36. The Labute approximate surface area is 146 Å². The van der Waals surface area contributed by atoms with Crippen molar-refractivity contribution in [1.29, 1.82) is 0 Å². The van der Waals surface area contributed by atoms with Gasteiger partial charge in [0.2, 0.25) is 0 Å². The van der Waals surface area contributed by atoms with E-state index in [0.717, 1.165) is 5.56 Å². The molecule has 0 bridgehead atoms. The molecule has 2 aromatic rings. The Morgan fingerprint density at radius 2 is 1.67 bits per heavy atom. The summed E-state index contributed by atoms with van der Waals surface area (Å²) in [5.41, 5.74) is 1.57. The van der Waals surface area contributed by atoms with Gasteiger partial charge >= 0.3 is 0 Å². The van der Waals surface area contributed by atoms with Gasteiger partial charge in [-0.2, -0.15) is 13.4 Å². The Morgan fingerprint density at radius 1 is 1.04 bits per heavy atom. The zero-order valence-corrected chi connectivity index (χ0v) is 15.3. The molecule has 0 atom stereocenters. The molecule has 0 saturated carbocycles. The van der Waals surface area contributed by atoms with Gasteiger partial charge in [-0.1, -0.05) is 59.8 Å². The van der Waals surface area contributed by atoms with Gasteiger partial charge in [-0.25, -0.2) is 0 Å². The van der Waals surface area contributed by atoms with Crippen molar-refractivity contribution in [3.8, 4) is 0 Å². The first-order valence-electron chi connectivity index (χ1n) is 7.10. The largest absolute Gasteiger partial charge is 0.476 e. The lowest BCUT2D eigenvalue weighted by Gasteiger charge is -2.06. The van der Waals surface area contributed by atoms with Crippen LogP contribution in [0.4, 0.5) is 0 Å². The van der Waals surface area contributed by atoms with Crippen molar-refractivity contribution in [3.63, 3.8) is 0 Å². The topological polar surface area (TPSA) is 68.1 Å². The zero-order chi connectivity index (χ0) is 17.6. The Kier molecular flexibility index (Phi) is 6.16. The van der Waals surface area contributed by atoms with Crippen LogP contribution in [0, 0.1) is 6.92 Å². The summed E-state index contributed by atoms with van der Waals surface area (Å²) in [6.45, 7) is 1.89. The third-order valence-electron chi connectivity index (χ3n) is 3.10. The van der Waals surface area contributed by atoms with Gasteiger partial charge in [0.25, 0.3) is 15.3 Å². The summed E-state index contributed by atoms with van der Waals surface area (Å²) < 4.78 is 34.2. The van der Waals surface area contributed by atoms with Crippen LogP contribution in [-0.4, -0.2) is 32.8 Å². The van der Waals surface area contributed by atoms with Crippen molar-refractivity contribution < 1.29 is 13.2 Å². The number of aryl methyl sites for hydroxylation is 1. The highest BCUT2D eigenvalue weighted by atomic mass is 32.2. The first-order valence-corrected chi connectivity index (χ1v) is 9.76. The molecule has 7 heteroatoms. The minimum atomic E-state index is -3.87. The molecule has 0 aliphatic heterocycles. The summed E-state index contributed by atoms with van der Waals surface area (Å²) in [5.74, 6) is 0.0855. The number of sulfonamides is 1. The maximum atomic E-state index is 12.6. The molecule has 0 spiro atoms. The highest BCUT2D eigenvalue weighted by Crippen LogP contribution is 2.16. The second-order valence-corrected chi connectivity index (χ2v) is 7.22. The molecule has 0 radical (unpaired) electrons. The van der Waals surface area contributed by atoms with E-state index in [1.54, 1.807) is 42.7 Å². The second-order valence-electron chi connectivity index (χ2n) is 4.85. The van der Waals surface area contributed by atoms with E-state index in [-0.39, 0.29) is 10.7 Å². The molecule has 0 N–H and O–H groups in total. The van der Waals surface area contributed by atoms with Gasteiger partial charge in [-0.15, -0.1) is 4.40 Å². The lowest BCUT2D eigenvalue weighted by Crippen LogP contribution is -2.08. The van der Waals surface area contributed by atoms with Crippen molar-refractivity contribution in [2.24, 2.45) is 9.39 Å². The number of amidine groups is 1. The van der Waals surface area contributed by atoms with Crippen LogP contribution in [0.3, 0.4) is 0 Å². The Bertz CT molecular complexity index is 837. The molecular weight excluding hydrogens is 344 g/mol. The van der Waals surface area contributed by atoms with E-state index in [9.17, 15) is 8.42 Å². The van der Waals surface area contributed by atoms with Crippen LogP contribution in [0.5, 0.6) is 0 Å². The number of benzene rings is 2. The van der Waals surface area contributed by atoms with Gasteiger partial charge in [0.1, 0.15) is 0 Å². The summed E-state index contributed by atoms with van der Waals surface area (Å²) in [5, 5.41) is 0.330. The number of ether oxygens (including phenoxy) is 1. The molecule has 0 heterocycles. The van der Waals surface area contributed by atoms with Gasteiger partial charge in [-0.05, 0) is 25.3 Å². The van der Waals surface area contributed by atoms with E-state index in [1.807, 2.05) is 13.0 Å². The van der Waals surface area contributed by atoms with Crippen LogP contribution >= 0.6 is 11.8 Å². The van der Waals surface area contributed by atoms with Crippen molar-refractivity contribution in [3.05, 3.63) is 65.7 Å². The summed E-state index contributed by atoms with van der Waals surface area (Å²) >= 11 is 1.27. The fraction of sp³-hybridized carbons (Fsp3) is 0.176. The molecule has 2 rings (SSSR count). The van der Waals surface area contributed by atoms with E-state index in [1.165, 1.54) is 31.0 Å². The minimum Gasteiger partial charge on any atom is -0.476 e. The van der Waals surface area contributed by atoms with E-state index in [2.05, 4.69) is 9.39 Å². The number of hydrogen-bond donors (Lipinski definition) is 0. The lowest BCUT2D eigenvalue weighted by atomic mass is 10.2.